The number of anilines is 1. The van der Waals surface area contributed by atoms with Crippen LogP contribution in [0, 0.1) is 6.92 Å². The van der Waals surface area contributed by atoms with Gasteiger partial charge in [0.1, 0.15) is 0 Å². The summed E-state index contributed by atoms with van der Waals surface area (Å²) < 4.78 is 0. The number of halogens is 1. The van der Waals surface area contributed by atoms with Crippen molar-refractivity contribution >= 4 is 23.2 Å². The summed E-state index contributed by atoms with van der Waals surface area (Å²) in [6, 6.07) is 5.47. The number of amides is 1. The minimum atomic E-state index is -0.789. The molecule has 0 saturated carbocycles. The number of benzene rings is 1. The van der Waals surface area contributed by atoms with Crippen LogP contribution in [0.2, 0.25) is 5.02 Å². The summed E-state index contributed by atoms with van der Waals surface area (Å²) in [6.45, 7) is 6.67. The summed E-state index contributed by atoms with van der Waals surface area (Å²) in [5, 5.41) is 13.7. The fourth-order valence-electron chi connectivity index (χ4n) is 2.92. The summed E-state index contributed by atoms with van der Waals surface area (Å²) in [7, 11) is 0. The van der Waals surface area contributed by atoms with Crippen LogP contribution in [0.4, 0.5) is 5.69 Å². The third-order valence-electron chi connectivity index (χ3n) is 4.00. The van der Waals surface area contributed by atoms with Gasteiger partial charge in [0, 0.05) is 16.8 Å². The zero-order valence-corrected chi connectivity index (χ0v) is 13.6. The van der Waals surface area contributed by atoms with E-state index in [1.807, 2.05) is 13.0 Å². The molecular weight excluding hydrogens is 288 g/mol. The maximum Gasteiger partial charge on any atom is 0.238 e. The lowest BCUT2D eigenvalue weighted by molar-refractivity contribution is -0.118. The first-order chi connectivity index (χ1) is 9.77. The van der Waals surface area contributed by atoms with Crippen LogP contribution in [0.25, 0.3) is 0 Å². The molecule has 1 heterocycles. The van der Waals surface area contributed by atoms with Gasteiger partial charge in [-0.2, -0.15) is 0 Å². The molecule has 1 fully saturated rings. The van der Waals surface area contributed by atoms with Crippen molar-refractivity contribution < 1.29 is 9.90 Å². The molecule has 0 spiro atoms. The van der Waals surface area contributed by atoms with Crippen molar-refractivity contribution in [2.24, 2.45) is 0 Å². The quantitative estimate of drug-likeness (QED) is 0.899. The lowest BCUT2D eigenvalue weighted by Crippen LogP contribution is -2.48. The number of rotatable bonds is 4. The molecule has 2 N–H and O–H groups in total. The molecule has 0 bridgehead atoms. The number of likely N-dealkylation sites (tertiary alicyclic amines) is 1. The van der Waals surface area contributed by atoms with Crippen molar-refractivity contribution in [2.45, 2.75) is 45.3 Å². The van der Waals surface area contributed by atoms with Gasteiger partial charge in [-0.05, 0) is 57.9 Å². The summed E-state index contributed by atoms with van der Waals surface area (Å²) in [6.07, 6.45) is 1.94. The van der Waals surface area contributed by atoms with Crippen molar-refractivity contribution in [3.63, 3.8) is 0 Å². The van der Waals surface area contributed by atoms with Gasteiger partial charge in [0.15, 0.2) is 0 Å². The minimum absolute atomic E-state index is 0.0312. The maximum absolute atomic E-state index is 12.2. The van der Waals surface area contributed by atoms with Gasteiger partial charge in [-0.1, -0.05) is 17.7 Å². The number of aliphatic hydroxyl groups is 1. The van der Waals surface area contributed by atoms with E-state index in [0.717, 1.165) is 30.6 Å². The number of nitrogens with zero attached hydrogens (tertiary/aromatic N) is 1. The zero-order valence-electron chi connectivity index (χ0n) is 12.8. The molecule has 0 radical (unpaired) electrons. The van der Waals surface area contributed by atoms with Gasteiger partial charge < -0.3 is 10.4 Å². The molecule has 1 aromatic carbocycles. The first kappa shape index (κ1) is 16.3. The number of nitrogens with one attached hydrogen (secondary N) is 1. The second-order valence-electron chi connectivity index (χ2n) is 6.29. The summed E-state index contributed by atoms with van der Waals surface area (Å²) in [4.78, 5) is 14.3. The van der Waals surface area contributed by atoms with Crippen molar-refractivity contribution in [1.82, 2.24) is 4.90 Å². The van der Waals surface area contributed by atoms with Crippen LogP contribution in [0.5, 0.6) is 0 Å². The normalized spacial score (nSPS) is 19.8. The van der Waals surface area contributed by atoms with E-state index in [2.05, 4.69) is 10.2 Å². The first-order valence-corrected chi connectivity index (χ1v) is 7.67. The van der Waals surface area contributed by atoms with E-state index in [0.29, 0.717) is 11.6 Å². The lowest BCUT2D eigenvalue weighted by Gasteiger charge is -2.33. The Hall–Kier alpha value is -1.10. The highest BCUT2D eigenvalue weighted by atomic mass is 35.5. The number of carbonyl (C=O) groups excluding carboxylic acids is 1. The van der Waals surface area contributed by atoms with Crippen LogP contribution >= 0.6 is 11.6 Å². The second kappa shape index (κ2) is 6.34. The van der Waals surface area contributed by atoms with Crippen LogP contribution in [-0.4, -0.2) is 40.6 Å². The molecule has 1 saturated heterocycles. The average molecular weight is 311 g/mol. The zero-order chi connectivity index (χ0) is 15.6. The smallest absolute Gasteiger partial charge is 0.238 e. The van der Waals surface area contributed by atoms with E-state index < -0.39 is 5.60 Å². The first-order valence-electron chi connectivity index (χ1n) is 7.30. The highest BCUT2D eigenvalue weighted by molar-refractivity contribution is 6.31. The monoisotopic (exact) mass is 310 g/mol. The van der Waals surface area contributed by atoms with Gasteiger partial charge in [-0.25, -0.2) is 0 Å². The van der Waals surface area contributed by atoms with Gasteiger partial charge in [-0.15, -0.1) is 0 Å². The number of carbonyl (C=O) groups is 1. The Kier molecular flexibility index (Phi) is 4.91. The van der Waals surface area contributed by atoms with E-state index in [9.17, 15) is 9.90 Å². The Bertz CT molecular complexity index is 525. The SMILES string of the molecule is Cc1ccc(Cl)cc1NC(=O)CN1CCCC1C(C)(C)O. The molecule has 4 nitrogen and oxygen atoms in total. The fraction of sp³-hybridized carbons (Fsp3) is 0.562. The number of hydrogen-bond donors (Lipinski definition) is 2. The van der Waals surface area contributed by atoms with Crippen LogP contribution in [0.3, 0.4) is 0 Å². The highest BCUT2D eigenvalue weighted by Crippen LogP contribution is 2.26. The number of hydrogen-bond acceptors (Lipinski definition) is 3. The average Bonchev–Trinajstić information content (AvgIpc) is 2.81. The molecule has 0 aliphatic carbocycles. The van der Waals surface area contributed by atoms with E-state index in [1.165, 1.54) is 0 Å². The molecule has 116 valence electrons. The molecule has 1 aliphatic heterocycles. The van der Waals surface area contributed by atoms with E-state index in [-0.39, 0.29) is 11.9 Å². The van der Waals surface area contributed by atoms with Crippen molar-refractivity contribution in [3.05, 3.63) is 28.8 Å². The van der Waals surface area contributed by atoms with Crippen LogP contribution in [0.1, 0.15) is 32.3 Å². The van der Waals surface area contributed by atoms with Crippen LogP contribution in [0.15, 0.2) is 18.2 Å². The Labute approximate surface area is 131 Å². The fourth-order valence-corrected chi connectivity index (χ4v) is 3.09. The molecule has 21 heavy (non-hydrogen) atoms. The Morgan fingerprint density at radius 2 is 2.24 bits per heavy atom. The second-order valence-corrected chi connectivity index (χ2v) is 6.73. The van der Waals surface area contributed by atoms with Crippen molar-refractivity contribution in [2.75, 3.05) is 18.4 Å². The van der Waals surface area contributed by atoms with Gasteiger partial charge in [0.25, 0.3) is 0 Å². The molecule has 2 rings (SSSR count). The Balaban J connectivity index is 2.00. The molecular formula is C16H23ClN2O2. The molecule has 0 aromatic heterocycles. The van der Waals surface area contributed by atoms with E-state index in [1.54, 1.807) is 26.0 Å². The third-order valence-corrected chi connectivity index (χ3v) is 4.23. The van der Waals surface area contributed by atoms with Gasteiger partial charge in [-0.3, -0.25) is 9.69 Å². The van der Waals surface area contributed by atoms with Crippen molar-refractivity contribution in [1.29, 1.82) is 0 Å². The van der Waals surface area contributed by atoms with Crippen LogP contribution < -0.4 is 5.32 Å². The maximum atomic E-state index is 12.2. The molecule has 1 atom stereocenters. The largest absolute Gasteiger partial charge is 0.389 e. The Morgan fingerprint density at radius 1 is 1.52 bits per heavy atom. The van der Waals surface area contributed by atoms with E-state index in [4.69, 9.17) is 11.6 Å². The standard InChI is InChI=1S/C16H23ClN2O2/c1-11-6-7-12(17)9-13(11)18-15(20)10-19-8-4-5-14(19)16(2,3)21/h6-7,9,14,21H,4-5,8,10H2,1-3H3,(H,18,20). The molecule has 1 amide bonds. The van der Waals surface area contributed by atoms with Gasteiger partial charge >= 0.3 is 0 Å². The Morgan fingerprint density at radius 3 is 2.90 bits per heavy atom. The van der Waals surface area contributed by atoms with Crippen LogP contribution in [-0.2, 0) is 4.79 Å². The summed E-state index contributed by atoms with van der Waals surface area (Å²) in [5.74, 6) is -0.0727. The predicted octanol–water partition coefficient (Wildman–Crippen LogP) is 2.82. The van der Waals surface area contributed by atoms with Gasteiger partial charge in [0.2, 0.25) is 5.91 Å². The topological polar surface area (TPSA) is 52.6 Å². The van der Waals surface area contributed by atoms with Gasteiger partial charge in [0.05, 0.1) is 12.1 Å². The predicted molar refractivity (Wildman–Crippen MR) is 85.7 cm³/mol. The third kappa shape index (κ3) is 4.19. The number of aryl methyl sites for hydroxylation is 1. The molecule has 1 aromatic rings. The van der Waals surface area contributed by atoms with Crippen molar-refractivity contribution in [3.8, 4) is 0 Å². The molecule has 5 heteroatoms. The molecule has 1 aliphatic rings. The summed E-state index contributed by atoms with van der Waals surface area (Å²) >= 11 is 5.96. The van der Waals surface area contributed by atoms with E-state index >= 15 is 0 Å². The minimum Gasteiger partial charge on any atom is -0.389 e. The highest BCUT2D eigenvalue weighted by Gasteiger charge is 2.36. The summed E-state index contributed by atoms with van der Waals surface area (Å²) in [5.41, 5.74) is 0.933. The lowest BCUT2D eigenvalue weighted by atomic mass is 9.97. The molecule has 1 unspecified atom stereocenters.